The van der Waals surface area contributed by atoms with Gasteiger partial charge >= 0.3 is 335 Å². The fourth-order valence-corrected chi connectivity index (χ4v) is 23.8. The van der Waals surface area contributed by atoms with Crippen LogP contribution in [-0.2, 0) is 41.7 Å². The monoisotopic (exact) mass is 1380 g/mol. The van der Waals surface area contributed by atoms with Crippen LogP contribution in [0.25, 0.3) is 0 Å². The molecule has 0 unspecified atom stereocenters. The fraction of sp³-hybridized carbons (Fsp3) is 0.104. The predicted octanol–water partition coefficient (Wildman–Crippen LogP) is 14.5. The van der Waals surface area contributed by atoms with Gasteiger partial charge in [0.15, 0.2) is 0 Å². The van der Waals surface area contributed by atoms with E-state index >= 15 is 14.4 Å². The van der Waals surface area contributed by atoms with Crippen LogP contribution >= 0.6 is 49.4 Å². The summed E-state index contributed by atoms with van der Waals surface area (Å²) < 4.78 is 8.09. The SMILES string of the molecule is COc1ccc(COC(=O)C2=C(CP(I)(c3ccccc3)(c3ccccc3)c3ccccc3)CS[C@@H]3[C@H](NC(=O)/C(=N\OC(c4ccccc4)(c4ccccc4)c4ccccc4)c4csc(NC(c5ccccc5)(c5ccccc5)c5ccccc5)n4)C(=O)N23)cc1. The van der Waals surface area contributed by atoms with Crippen LogP contribution < -0.4 is 31.3 Å². The Kier molecular flexibility index (Phi) is 17.9. The van der Waals surface area contributed by atoms with Gasteiger partial charge in [0, 0.05) is 16.7 Å². The van der Waals surface area contributed by atoms with Crippen LogP contribution in [-0.4, -0.2) is 63.8 Å². The third-order valence-corrected chi connectivity index (χ3v) is 30.4. The summed E-state index contributed by atoms with van der Waals surface area (Å²) in [7, 11) is 1.60. The maximum absolute atomic E-state index is 15.9. The molecule has 92 heavy (non-hydrogen) atoms. The van der Waals surface area contributed by atoms with Gasteiger partial charge in [-0.3, -0.25) is 0 Å². The molecule has 456 valence electrons. The van der Waals surface area contributed by atoms with Gasteiger partial charge in [-0.25, -0.2) is 0 Å². The molecule has 0 radical (unpaired) electrons. The van der Waals surface area contributed by atoms with E-state index in [0.29, 0.717) is 22.8 Å². The summed E-state index contributed by atoms with van der Waals surface area (Å²) in [5, 5.41) is 16.8. The molecule has 15 heteroatoms. The van der Waals surface area contributed by atoms with E-state index < -0.39 is 44.6 Å². The predicted molar refractivity (Wildman–Crippen MR) is 381 cm³/mol. The van der Waals surface area contributed by atoms with Crippen molar-refractivity contribution in [2.24, 2.45) is 5.16 Å². The van der Waals surface area contributed by atoms with Crippen molar-refractivity contribution in [2.45, 2.75) is 29.2 Å². The van der Waals surface area contributed by atoms with Gasteiger partial charge in [-0.05, 0) is 16.7 Å². The van der Waals surface area contributed by atoms with E-state index in [1.165, 1.54) is 28.0 Å². The van der Waals surface area contributed by atoms with Crippen LogP contribution in [0.1, 0.15) is 44.6 Å². The Morgan fingerprint density at radius 3 is 1.42 bits per heavy atom. The number of methoxy groups -OCH3 is 1. The molecule has 1 fully saturated rings. The third kappa shape index (κ3) is 11.5. The van der Waals surface area contributed by atoms with E-state index in [1.54, 1.807) is 12.5 Å². The van der Waals surface area contributed by atoms with Crippen molar-refractivity contribution in [3.63, 3.8) is 0 Å². The number of ether oxygens (including phenoxy) is 2. The first kappa shape index (κ1) is 61.4. The summed E-state index contributed by atoms with van der Waals surface area (Å²) in [5.74, 6) is -0.838. The zero-order valence-corrected chi connectivity index (χ0v) is 54.8. The number of halogens is 1. The molecule has 1 saturated heterocycles. The molecule has 11 aromatic rings. The van der Waals surface area contributed by atoms with Crippen molar-refractivity contribution in [1.82, 2.24) is 15.2 Å². The molecule has 0 bridgehead atoms. The van der Waals surface area contributed by atoms with Crippen molar-refractivity contribution in [3.05, 3.63) is 359 Å². The zero-order valence-electron chi connectivity index (χ0n) is 50.1. The first-order valence-electron chi connectivity index (χ1n) is 30.1. The Balaban J connectivity index is 0.919. The van der Waals surface area contributed by atoms with Crippen molar-refractivity contribution in [3.8, 4) is 5.75 Å². The number of carbonyl (C=O) groups excluding carboxylic acids is 3. The number of hydrogen-bond acceptors (Lipinski definition) is 11. The molecule has 10 aromatic carbocycles. The number of fused-ring (bicyclic) bond motifs is 1. The van der Waals surface area contributed by atoms with E-state index in [-0.39, 0.29) is 23.7 Å². The number of β-lactam (4-membered cyclic amide) rings is 1. The number of nitrogens with one attached hydrogen (secondary N) is 2. The van der Waals surface area contributed by atoms with Crippen LogP contribution in [0.3, 0.4) is 0 Å². The second kappa shape index (κ2) is 26.8. The number of hydrogen-bond donors (Lipinski definition) is 2. The molecular formula is C77H63IN5O6PS2. The molecule has 2 N–H and O–H groups in total. The number of thioether (sulfide) groups is 1. The van der Waals surface area contributed by atoms with E-state index in [4.69, 9.17) is 24.5 Å². The Hall–Kier alpha value is -9.44. The number of carbonyl (C=O) groups is 3. The van der Waals surface area contributed by atoms with Crippen molar-refractivity contribution in [2.75, 3.05) is 24.3 Å². The molecule has 2 atom stereocenters. The average molecular weight is 1380 g/mol. The van der Waals surface area contributed by atoms with Gasteiger partial charge in [0.2, 0.25) is 0 Å². The third-order valence-electron chi connectivity index (χ3n) is 17.1. The number of benzene rings is 10. The molecule has 11 nitrogen and oxygen atoms in total. The Morgan fingerprint density at radius 1 is 0.587 bits per heavy atom. The maximum atomic E-state index is 15.9. The molecule has 0 aliphatic carbocycles. The quantitative estimate of drug-likeness (QED) is 0.0129. The molecule has 1 aromatic heterocycles. The number of anilines is 1. The number of rotatable bonds is 22. The van der Waals surface area contributed by atoms with Gasteiger partial charge in [-0.2, -0.15) is 0 Å². The molecule has 2 amide bonds. The van der Waals surface area contributed by atoms with E-state index in [0.717, 1.165) is 60.4 Å². The van der Waals surface area contributed by atoms with Gasteiger partial charge in [0.05, 0.1) is 0 Å². The summed E-state index contributed by atoms with van der Waals surface area (Å²) in [6, 6.07) is 97.6. The number of amides is 2. The molecule has 2 aliphatic rings. The Bertz CT molecular complexity index is 4140. The summed E-state index contributed by atoms with van der Waals surface area (Å²) in [6.07, 6.45) is 0.401. The topological polar surface area (TPSA) is 131 Å². The second-order valence-corrected chi connectivity index (χ2v) is 35.0. The second-order valence-electron chi connectivity index (χ2n) is 22.4. The van der Waals surface area contributed by atoms with Crippen molar-refractivity contribution < 1.29 is 28.7 Å². The van der Waals surface area contributed by atoms with Crippen LogP contribution in [0, 0.1) is 0 Å². The minimum atomic E-state index is -3.62. The molecule has 0 saturated carbocycles. The van der Waals surface area contributed by atoms with Gasteiger partial charge in [0.25, 0.3) is 0 Å². The first-order chi connectivity index (χ1) is 45.1. The van der Waals surface area contributed by atoms with Crippen molar-refractivity contribution in [1.29, 1.82) is 0 Å². The summed E-state index contributed by atoms with van der Waals surface area (Å²) in [5.41, 5.74) is 4.47. The van der Waals surface area contributed by atoms with Gasteiger partial charge in [0.1, 0.15) is 5.54 Å². The zero-order chi connectivity index (χ0) is 63.0. The number of thiazole rings is 1. The molecular weight excluding hydrogens is 1310 g/mol. The van der Waals surface area contributed by atoms with Crippen LogP contribution in [0.2, 0.25) is 0 Å². The first-order valence-corrected chi connectivity index (χ1v) is 37.3. The van der Waals surface area contributed by atoms with Gasteiger partial charge in [-0.15, -0.1) is 0 Å². The standard InChI is InChI=1S/C77H63IN5O6PS2/c1-87-63-49-47-55(48-50-63)51-88-74(86)70-56(52-90(78,64-41-23-8-24-42-64,65-43-25-9-26-44-65)66-45-27-10-28-46-66)53-91-73-69(72(85)83(70)73)80-71(84)68(82-89-77(60-35-17-5-18-36-60,61-37-19-6-20-38-61)62-39-21-7-22-40-62)67-54-92-75(79-67)81-76(57-29-11-2-12-30-57,58-31-13-3-14-32-58)59-33-15-4-16-34-59/h2-50,54,69,73H,51-53H2,1H3,(H,79,81)(H,80,84)/b82-68-/t69-,73-/m1/s1. The molecule has 13 rings (SSSR count). The minimum absolute atomic E-state index is 0.0621. The number of nitrogens with zero attached hydrogens (tertiary/aromatic N) is 3. The molecule has 2 aliphatic heterocycles. The summed E-state index contributed by atoms with van der Waals surface area (Å²) >= 11 is 5.53. The van der Waals surface area contributed by atoms with Crippen LogP contribution in [0.4, 0.5) is 5.13 Å². The normalized spacial score (nSPS) is 15.4. The van der Waals surface area contributed by atoms with Gasteiger partial charge in [-0.1, -0.05) is 182 Å². The van der Waals surface area contributed by atoms with Crippen molar-refractivity contribution >= 4 is 93.9 Å². The van der Waals surface area contributed by atoms with E-state index in [2.05, 4.69) is 142 Å². The average Bonchev–Trinajstić information content (AvgIpc) is 0.714. The number of oxime groups is 1. The molecule has 0 spiro atoms. The summed E-state index contributed by atoms with van der Waals surface area (Å²) in [6.45, 7) is -0.0621. The molecule has 3 heterocycles. The fourth-order valence-electron chi connectivity index (χ4n) is 12.6. The Labute approximate surface area is 556 Å². The summed E-state index contributed by atoms with van der Waals surface area (Å²) in [4.78, 5) is 60.6. The van der Waals surface area contributed by atoms with Crippen LogP contribution in [0.5, 0.6) is 5.75 Å². The Morgan fingerprint density at radius 2 is 1.00 bits per heavy atom. The number of aromatic nitrogens is 1. The van der Waals surface area contributed by atoms with E-state index in [1.807, 2.05) is 188 Å². The van der Waals surface area contributed by atoms with Crippen LogP contribution in [0.15, 0.2) is 319 Å². The van der Waals surface area contributed by atoms with E-state index in [9.17, 15) is 0 Å². The number of esters is 1. The van der Waals surface area contributed by atoms with Gasteiger partial charge < -0.3 is 5.32 Å².